The van der Waals surface area contributed by atoms with Gasteiger partial charge >= 0.3 is 5.97 Å². The SMILES string of the molecule is NCCNC1C=CC(C(=O)O)=CC1. The number of hydrogen-bond donors (Lipinski definition) is 3. The molecule has 4 N–H and O–H groups in total. The Balaban J connectivity index is 2.39. The number of nitrogens with two attached hydrogens (primary N) is 1. The summed E-state index contributed by atoms with van der Waals surface area (Å²) in [5.41, 5.74) is 5.69. The second kappa shape index (κ2) is 4.79. The normalized spacial score (nSPS) is 21.3. The van der Waals surface area contributed by atoms with Crippen molar-refractivity contribution in [1.82, 2.24) is 5.32 Å². The minimum absolute atomic E-state index is 0.228. The lowest BCUT2D eigenvalue weighted by molar-refractivity contribution is -0.132. The summed E-state index contributed by atoms with van der Waals surface area (Å²) in [6.45, 7) is 1.35. The molecule has 0 bridgehead atoms. The van der Waals surface area contributed by atoms with Gasteiger partial charge in [-0.25, -0.2) is 4.79 Å². The standard InChI is InChI=1S/C9H14N2O2/c10-5-6-11-8-3-1-7(2-4-8)9(12)13/h1-3,8,11H,4-6,10H2,(H,12,13). The van der Waals surface area contributed by atoms with E-state index in [2.05, 4.69) is 5.32 Å². The lowest BCUT2D eigenvalue weighted by Gasteiger charge is -2.15. The predicted molar refractivity (Wildman–Crippen MR) is 50.3 cm³/mol. The summed E-state index contributed by atoms with van der Waals surface area (Å²) in [5.74, 6) is -0.867. The molecule has 0 heterocycles. The van der Waals surface area contributed by atoms with Crippen molar-refractivity contribution in [2.75, 3.05) is 13.1 Å². The van der Waals surface area contributed by atoms with Gasteiger partial charge in [0.15, 0.2) is 0 Å². The molecule has 4 heteroatoms. The summed E-state index contributed by atoms with van der Waals surface area (Å²) in [4.78, 5) is 10.5. The van der Waals surface area contributed by atoms with Crippen molar-refractivity contribution in [3.63, 3.8) is 0 Å². The van der Waals surface area contributed by atoms with Crippen LogP contribution in [0.25, 0.3) is 0 Å². The molecule has 0 amide bonds. The monoisotopic (exact) mass is 182 g/mol. The highest BCUT2D eigenvalue weighted by Gasteiger charge is 2.11. The summed E-state index contributed by atoms with van der Waals surface area (Å²) in [6.07, 6.45) is 5.92. The van der Waals surface area contributed by atoms with Crippen molar-refractivity contribution in [2.45, 2.75) is 12.5 Å². The van der Waals surface area contributed by atoms with Crippen LogP contribution in [0.15, 0.2) is 23.8 Å². The number of hydrogen-bond acceptors (Lipinski definition) is 3. The Morgan fingerprint density at radius 3 is 3.00 bits per heavy atom. The van der Waals surface area contributed by atoms with Crippen molar-refractivity contribution in [1.29, 1.82) is 0 Å². The number of rotatable bonds is 4. The Hall–Kier alpha value is -1.13. The van der Waals surface area contributed by atoms with E-state index in [1.165, 1.54) is 0 Å². The molecule has 1 unspecified atom stereocenters. The molecule has 0 spiro atoms. The molecule has 0 aromatic carbocycles. The summed E-state index contributed by atoms with van der Waals surface area (Å²) in [5, 5.41) is 11.8. The molecular weight excluding hydrogens is 168 g/mol. The largest absolute Gasteiger partial charge is 0.478 e. The van der Waals surface area contributed by atoms with E-state index in [1.54, 1.807) is 12.2 Å². The number of carboxylic acid groups (broad SMARTS) is 1. The Bertz CT molecular complexity index is 246. The smallest absolute Gasteiger partial charge is 0.335 e. The van der Waals surface area contributed by atoms with Gasteiger partial charge in [0.1, 0.15) is 0 Å². The van der Waals surface area contributed by atoms with E-state index in [0.717, 1.165) is 13.0 Å². The number of aliphatic carboxylic acids is 1. The number of carbonyl (C=O) groups is 1. The van der Waals surface area contributed by atoms with Crippen LogP contribution in [0.4, 0.5) is 0 Å². The van der Waals surface area contributed by atoms with Gasteiger partial charge in [-0.2, -0.15) is 0 Å². The Kier molecular flexibility index (Phi) is 3.67. The Morgan fingerprint density at radius 1 is 1.77 bits per heavy atom. The molecule has 1 aliphatic rings. The molecule has 1 aliphatic carbocycles. The van der Waals surface area contributed by atoms with Crippen molar-refractivity contribution in [3.05, 3.63) is 23.8 Å². The summed E-state index contributed by atoms with van der Waals surface area (Å²) in [6, 6.07) is 0.228. The molecule has 72 valence electrons. The summed E-state index contributed by atoms with van der Waals surface area (Å²) >= 11 is 0. The van der Waals surface area contributed by atoms with Crippen molar-refractivity contribution in [3.8, 4) is 0 Å². The molecule has 0 aromatic rings. The zero-order chi connectivity index (χ0) is 9.68. The van der Waals surface area contributed by atoms with Crippen LogP contribution in [0.5, 0.6) is 0 Å². The molecule has 1 rings (SSSR count). The average molecular weight is 182 g/mol. The third kappa shape index (κ3) is 3.01. The molecule has 0 radical (unpaired) electrons. The number of nitrogens with one attached hydrogen (secondary N) is 1. The van der Waals surface area contributed by atoms with E-state index in [1.807, 2.05) is 6.08 Å². The van der Waals surface area contributed by atoms with E-state index in [9.17, 15) is 4.79 Å². The first kappa shape index (κ1) is 9.95. The van der Waals surface area contributed by atoms with Crippen LogP contribution in [0.1, 0.15) is 6.42 Å². The molecule has 0 saturated heterocycles. The zero-order valence-corrected chi connectivity index (χ0v) is 7.36. The third-order valence-corrected chi connectivity index (χ3v) is 1.90. The van der Waals surface area contributed by atoms with E-state index in [-0.39, 0.29) is 6.04 Å². The van der Waals surface area contributed by atoms with Gasteiger partial charge in [-0.1, -0.05) is 18.2 Å². The second-order valence-corrected chi connectivity index (χ2v) is 2.91. The number of carboxylic acids is 1. The predicted octanol–water partition coefficient (Wildman–Crippen LogP) is -0.126. The fourth-order valence-electron chi connectivity index (χ4n) is 1.20. The molecule has 0 fully saturated rings. The van der Waals surface area contributed by atoms with Crippen LogP contribution >= 0.6 is 0 Å². The zero-order valence-electron chi connectivity index (χ0n) is 7.36. The third-order valence-electron chi connectivity index (χ3n) is 1.90. The minimum atomic E-state index is -0.867. The van der Waals surface area contributed by atoms with Crippen molar-refractivity contribution < 1.29 is 9.90 Å². The Morgan fingerprint density at radius 2 is 2.54 bits per heavy atom. The highest BCUT2D eigenvalue weighted by atomic mass is 16.4. The first-order chi connectivity index (χ1) is 6.24. The quantitative estimate of drug-likeness (QED) is 0.566. The summed E-state index contributed by atoms with van der Waals surface area (Å²) < 4.78 is 0. The average Bonchev–Trinajstić information content (AvgIpc) is 2.15. The van der Waals surface area contributed by atoms with Gasteiger partial charge in [-0.3, -0.25) is 0 Å². The summed E-state index contributed by atoms with van der Waals surface area (Å²) in [7, 11) is 0. The molecule has 13 heavy (non-hydrogen) atoms. The topological polar surface area (TPSA) is 75.3 Å². The fraction of sp³-hybridized carbons (Fsp3) is 0.444. The van der Waals surface area contributed by atoms with E-state index in [4.69, 9.17) is 10.8 Å². The van der Waals surface area contributed by atoms with Gasteiger partial charge in [0.05, 0.1) is 5.57 Å². The Labute approximate surface area is 77.1 Å². The van der Waals surface area contributed by atoms with Gasteiger partial charge in [0.25, 0.3) is 0 Å². The lowest BCUT2D eigenvalue weighted by atomic mass is 10.0. The molecule has 1 atom stereocenters. The van der Waals surface area contributed by atoms with Crippen LogP contribution in [0.2, 0.25) is 0 Å². The van der Waals surface area contributed by atoms with Crippen LogP contribution in [0, 0.1) is 0 Å². The molecule has 0 aliphatic heterocycles. The molecular formula is C9H14N2O2. The van der Waals surface area contributed by atoms with E-state index >= 15 is 0 Å². The lowest BCUT2D eigenvalue weighted by Crippen LogP contribution is -2.32. The fourth-order valence-corrected chi connectivity index (χ4v) is 1.20. The van der Waals surface area contributed by atoms with Gasteiger partial charge in [-0.05, 0) is 6.42 Å². The van der Waals surface area contributed by atoms with Crippen LogP contribution in [0.3, 0.4) is 0 Å². The highest BCUT2D eigenvalue weighted by molar-refractivity contribution is 5.90. The van der Waals surface area contributed by atoms with Crippen molar-refractivity contribution in [2.24, 2.45) is 5.73 Å². The van der Waals surface area contributed by atoms with Gasteiger partial charge in [-0.15, -0.1) is 0 Å². The minimum Gasteiger partial charge on any atom is -0.478 e. The maximum absolute atomic E-state index is 10.5. The van der Waals surface area contributed by atoms with Crippen molar-refractivity contribution >= 4 is 5.97 Å². The van der Waals surface area contributed by atoms with E-state index in [0.29, 0.717) is 12.1 Å². The maximum Gasteiger partial charge on any atom is 0.335 e. The van der Waals surface area contributed by atoms with Crippen LogP contribution in [-0.2, 0) is 4.79 Å². The maximum atomic E-state index is 10.5. The van der Waals surface area contributed by atoms with Gasteiger partial charge in [0.2, 0.25) is 0 Å². The van der Waals surface area contributed by atoms with Crippen LogP contribution < -0.4 is 11.1 Å². The van der Waals surface area contributed by atoms with E-state index < -0.39 is 5.97 Å². The first-order valence-electron chi connectivity index (χ1n) is 4.29. The molecule has 4 nitrogen and oxygen atoms in total. The van der Waals surface area contributed by atoms with Crippen LogP contribution in [-0.4, -0.2) is 30.2 Å². The molecule has 0 aromatic heterocycles. The van der Waals surface area contributed by atoms with Gasteiger partial charge < -0.3 is 16.2 Å². The second-order valence-electron chi connectivity index (χ2n) is 2.91. The van der Waals surface area contributed by atoms with Gasteiger partial charge in [0, 0.05) is 19.1 Å². The first-order valence-corrected chi connectivity index (χ1v) is 4.29. The molecule has 0 saturated carbocycles. The highest BCUT2D eigenvalue weighted by Crippen LogP contribution is 2.10.